The molecule has 0 aliphatic heterocycles. The Bertz CT molecular complexity index is 635. The van der Waals surface area contributed by atoms with E-state index in [9.17, 15) is 40.2 Å². The van der Waals surface area contributed by atoms with Gasteiger partial charge in [0.05, 0.1) is 26.1 Å². The second-order valence-electron chi connectivity index (χ2n) is 9.25. The van der Waals surface area contributed by atoms with Gasteiger partial charge in [-0.1, -0.05) is 6.92 Å². The first-order valence-corrected chi connectivity index (χ1v) is 13.3. The molecule has 0 saturated heterocycles. The molecule has 15 heteroatoms. The molecule has 15 nitrogen and oxygen atoms in total. The minimum absolute atomic E-state index is 0.0521. The summed E-state index contributed by atoms with van der Waals surface area (Å²) in [6, 6.07) is 0. The summed E-state index contributed by atoms with van der Waals surface area (Å²) in [4.78, 5) is 25.4. The Labute approximate surface area is 230 Å². The normalized spacial score (nSPS) is 16.4. The SMILES string of the molecule is CCCNCCC(=O)OCC(O)C(O)C(O)COCC(O)C(O)C(O)COC(=O)CCNCCN(C)CCN. The van der Waals surface area contributed by atoms with Gasteiger partial charge in [-0.3, -0.25) is 9.59 Å². The zero-order chi connectivity index (χ0) is 29.6. The number of likely N-dealkylation sites (N-methyl/N-ethyl adjacent to an activating group) is 1. The van der Waals surface area contributed by atoms with Crippen LogP contribution in [0, 0.1) is 0 Å². The fourth-order valence-corrected chi connectivity index (χ4v) is 3.13. The van der Waals surface area contributed by atoms with Gasteiger partial charge >= 0.3 is 11.9 Å². The molecule has 0 amide bonds. The van der Waals surface area contributed by atoms with Crippen molar-refractivity contribution in [1.82, 2.24) is 15.5 Å². The first-order valence-electron chi connectivity index (χ1n) is 13.3. The number of hydrogen-bond acceptors (Lipinski definition) is 15. The van der Waals surface area contributed by atoms with Crippen LogP contribution >= 0.6 is 0 Å². The van der Waals surface area contributed by atoms with Gasteiger partial charge in [0.2, 0.25) is 0 Å². The number of rotatable bonds is 25. The van der Waals surface area contributed by atoms with Gasteiger partial charge in [-0.15, -0.1) is 0 Å². The number of nitrogens with zero attached hydrogens (tertiary/aromatic N) is 1. The van der Waals surface area contributed by atoms with Gasteiger partial charge in [0.25, 0.3) is 0 Å². The van der Waals surface area contributed by atoms with E-state index >= 15 is 0 Å². The van der Waals surface area contributed by atoms with E-state index in [4.69, 9.17) is 19.9 Å². The number of esters is 2. The van der Waals surface area contributed by atoms with Crippen LogP contribution in [0.4, 0.5) is 0 Å². The van der Waals surface area contributed by atoms with Crippen LogP contribution in [0.5, 0.6) is 0 Å². The van der Waals surface area contributed by atoms with E-state index in [-0.39, 0.29) is 12.8 Å². The number of nitrogens with one attached hydrogen (secondary N) is 2. The van der Waals surface area contributed by atoms with E-state index in [1.165, 1.54) is 0 Å². The standard InChI is InChI=1S/C24H50N4O11/c1-3-7-26-8-4-21(33)38-15-19(31)23(35)17(29)13-37-14-18(30)24(36)20(32)16-39-22(34)5-9-27-10-12-28(2)11-6-25/h17-20,23-24,26-27,29-32,35-36H,3-16,25H2,1-2H3. The minimum Gasteiger partial charge on any atom is -0.463 e. The first-order chi connectivity index (χ1) is 18.5. The zero-order valence-corrected chi connectivity index (χ0v) is 23.1. The van der Waals surface area contributed by atoms with Crippen LogP contribution in [0.1, 0.15) is 26.2 Å². The second kappa shape index (κ2) is 23.2. The molecule has 0 radical (unpaired) electrons. The predicted molar refractivity (Wildman–Crippen MR) is 141 cm³/mol. The molecular formula is C24H50N4O11. The molecule has 0 aromatic carbocycles. The van der Waals surface area contributed by atoms with Crippen molar-refractivity contribution in [3.63, 3.8) is 0 Å². The van der Waals surface area contributed by atoms with Gasteiger partial charge in [0, 0.05) is 39.3 Å². The van der Waals surface area contributed by atoms with Crippen LogP contribution in [0.25, 0.3) is 0 Å². The third-order valence-electron chi connectivity index (χ3n) is 5.60. The molecule has 39 heavy (non-hydrogen) atoms. The summed E-state index contributed by atoms with van der Waals surface area (Å²) in [7, 11) is 1.93. The third-order valence-corrected chi connectivity index (χ3v) is 5.60. The second-order valence-corrected chi connectivity index (χ2v) is 9.25. The number of carbonyl (C=O) groups excluding carboxylic acids is 2. The van der Waals surface area contributed by atoms with Crippen molar-refractivity contribution in [3.05, 3.63) is 0 Å². The van der Waals surface area contributed by atoms with E-state index in [1.54, 1.807) is 0 Å². The van der Waals surface area contributed by atoms with Gasteiger partial charge in [-0.05, 0) is 20.0 Å². The fourth-order valence-electron chi connectivity index (χ4n) is 3.13. The van der Waals surface area contributed by atoms with Crippen molar-refractivity contribution >= 4 is 11.9 Å². The summed E-state index contributed by atoms with van der Waals surface area (Å²) in [5.74, 6) is -1.17. The highest BCUT2D eigenvalue weighted by atomic mass is 16.6. The van der Waals surface area contributed by atoms with Crippen molar-refractivity contribution in [2.45, 2.75) is 62.8 Å². The lowest BCUT2D eigenvalue weighted by molar-refractivity contribution is -0.156. The minimum atomic E-state index is -1.71. The largest absolute Gasteiger partial charge is 0.463 e. The summed E-state index contributed by atoms with van der Waals surface area (Å²) in [5.41, 5.74) is 5.46. The maximum atomic E-state index is 11.8. The van der Waals surface area contributed by atoms with E-state index in [1.807, 2.05) is 18.9 Å². The number of aliphatic hydroxyl groups is 6. The molecule has 10 N–H and O–H groups in total. The molecule has 0 bridgehead atoms. The Hall–Kier alpha value is -1.50. The summed E-state index contributed by atoms with van der Waals surface area (Å²) in [6.07, 6.45) is -8.71. The Balaban J connectivity index is 4.09. The molecule has 232 valence electrons. The van der Waals surface area contributed by atoms with Crippen LogP contribution in [-0.4, -0.2) is 163 Å². The summed E-state index contributed by atoms with van der Waals surface area (Å²) < 4.78 is 14.8. The summed E-state index contributed by atoms with van der Waals surface area (Å²) >= 11 is 0. The van der Waals surface area contributed by atoms with E-state index in [0.29, 0.717) is 26.2 Å². The topological polar surface area (TPSA) is 237 Å². The van der Waals surface area contributed by atoms with Gasteiger partial charge in [0.1, 0.15) is 49.8 Å². The smallest absolute Gasteiger partial charge is 0.307 e. The summed E-state index contributed by atoms with van der Waals surface area (Å²) in [5, 5.41) is 65.9. The number of hydrogen-bond donors (Lipinski definition) is 9. The highest BCUT2D eigenvalue weighted by Gasteiger charge is 2.29. The molecule has 0 aliphatic carbocycles. The molecule has 0 rings (SSSR count). The maximum Gasteiger partial charge on any atom is 0.307 e. The molecule has 6 atom stereocenters. The van der Waals surface area contributed by atoms with Crippen molar-refractivity contribution in [2.75, 3.05) is 79.3 Å². The van der Waals surface area contributed by atoms with Crippen molar-refractivity contribution in [3.8, 4) is 0 Å². The monoisotopic (exact) mass is 570 g/mol. The third kappa shape index (κ3) is 19.3. The van der Waals surface area contributed by atoms with Crippen molar-refractivity contribution in [2.24, 2.45) is 5.73 Å². The Morgan fingerprint density at radius 2 is 1.15 bits per heavy atom. The maximum absolute atomic E-state index is 11.8. The number of nitrogens with two attached hydrogens (primary N) is 1. The van der Waals surface area contributed by atoms with E-state index < -0.39 is 75.0 Å². The number of carbonyl (C=O) groups is 2. The van der Waals surface area contributed by atoms with Crippen LogP contribution in [0.3, 0.4) is 0 Å². The Morgan fingerprint density at radius 1 is 0.718 bits per heavy atom. The van der Waals surface area contributed by atoms with Gasteiger partial charge in [-0.2, -0.15) is 0 Å². The molecule has 0 fully saturated rings. The number of ether oxygens (including phenoxy) is 3. The average molecular weight is 571 g/mol. The average Bonchev–Trinajstić information content (AvgIpc) is 2.91. The first kappa shape index (κ1) is 37.5. The highest BCUT2D eigenvalue weighted by molar-refractivity contribution is 5.69. The van der Waals surface area contributed by atoms with Gasteiger partial charge in [0.15, 0.2) is 0 Å². The van der Waals surface area contributed by atoms with E-state index in [0.717, 1.165) is 26.1 Å². The lowest BCUT2D eigenvalue weighted by atomic mass is 10.1. The van der Waals surface area contributed by atoms with Gasteiger partial charge < -0.3 is 66.1 Å². The Kier molecular flexibility index (Phi) is 22.3. The fraction of sp³-hybridized carbons (Fsp3) is 0.917. The van der Waals surface area contributed by atoms with Crippen molar-refractivity contribution in [1.29, 1.82) is 0 Å². The highest BCUT2D eigenvalue weighted by Crippen LogP contribution is 2.06. The van der Waals surface area contributed by atoms with Crippen LogP contribution in [-0.2, 0) is 23.8 Å². The molecule has 0 aromatic rings. The summed E-state index contributed by atoms with van der Waals surface area (Å²) in [6.45, 7) is 4.14. The predicted octanol–water partition coefficient (Wildman–Crippen LogP) is -4.49. The number of aliphatic hydroxyl groups excluding tert-OH is 6. The lowest BCUT2D eigenvalue weighted by Gasteiger charge is -2.25. The lowest BCUT2D eigenvalue weighted by Crippen LogP contribution is -2.45. The molecule has 6 unspecified atom stereocenters. The van der Waals surface area contributed by atoms with Crippen LogP contribution in [0.15, 0.2) is 0 Å². The molecule has 0 spiro atoms. The van der Waals surface area contributed by atoms with E-state index in [2.05, 4.69) is 10.6 Å². The van der Waals surface area contributed by atoms with Gasteiger partial charge in [-0.25, -0.2) is 0 Å². The van der Waals surface area contributed by atoms with Crippen LogP contribution in [0.2, 0.25) is 0 Å². The quantitative estimate of drug-likeness (QED) is 0.0371. The molecule has 0 saturated carbocycles. The van der Waals surface area contributed by atoms with Crippen LogP contribution < -0.4 is 16.4 Å². The molecule has 0 heterocycles. The Morgan fingerprint density at radius 3 is 1.59 bits per heavy atom. The molecule has 0 aliphatic rings. The molecular weight excluding hydrogens is 520 g/mol. The van der Waals surface area contributed by atoms with Crippen molar-refractivity contribution < 1.29 is 54.4 Å². The zero-order valence-electron chi connectivity index (χ0n) is 23.1. The molecule has 0 aromatic heterocycles.